The Bertz CT molecular complexity index is 434. The zero-order valence-electron chi connectivity index (χ0n) is 12.2. The maximum Gasteiger partial charge on any atom is 0.260 e. The molecule has 0 spiro atoms. The van der Waals surface area contributed by atoms with Crippen molar-refractivity contribution in [2.75, 3.05) is 26.2 Å². The van der Waals surface area contributed by atoms with Gasteiger partial charge in [-0.15, -0.1) is 0 Å². The lowest BCUT2D eigenvalue weighted by atomic mass is 9.97. The van der Waals surface area contributed by atoms with Crippen molar-refractivity contribution in [3.05, 3.63) is 22.8 Å². The number of alkyl halides is 2. The van der Waals surface area contributed by atoms with Gasteiger partial charge in [-0.1, -0.05) is 6.92 Å². The Morgan fingerprint density at radius 3 is 2.67 bits per heavy atom. The zero-order chi connectivity index (χ0) is 15.3. The van der Waals surface area contributed by atoms with Gasteiger partial charge < -0.3 is 4.74 Å². The van der Waals surface area contributed by atoms with Gasteiger partial charge in [0, 0.05) is 23.2 Å². The highest BCUT2D eigenvalue weighted by atomic mass is 79.9. The molecule has 6 heteroatoms. The molecule has 2 rings (SSSR count). The molecule has 0 N–H and O–H groups in total. The van der Waals surface area contributed by atoms with E-state index in [2.05, 4.69) is 20.9 Å². The number of rotatable bonds is 6. The standard InChI is InChI=1S/C15H21BrF2N2O/c1-2-15(17,18)11-20-7-5-12(6-8-20)10-21-14-4-3-13(16)9-19-14/h3-4,9,12H,2,5-8,10-11H2,1H3. The summed E-state index contributed by atoms with van der Waals surface area (Å²) in [6.45, 7) is 3.46. The summed E-state index contributed by atoms with van der Waals surface area (Å²) in [5, 5.41) is 0. The van der Waals surface area contributed by atoms with E-state index in [0.29, 0.717) is 18.4 Å². The Morgan fingerprint density at radius 1 is 1.38 bits per heavy atom. The highest BCUT2D eigenvalue weighted by molar-refractivity contribution is 9.10. The fraction of sp³-hybridized carbons (Fsp3) is 0.667. The van der Waals surface area contributed by atoms with Crippen LogP contribution in [0.4, 0.5) is 8.78 Å². The van der Waals surface area contributed by atoms with Gasteiger partial charge in [-0.05, 0) is 53.8 Å². The third kappa shape index (κ3) is 5.51. The van der Waals surface area contributed by atoms with Crippen molar-refractivity contribution in [3.8, 4) is 5.88 Å². The molecule has 1 aliphatic heterocycles. The topological polar surface area (TPSA) is 25.4 Å². The van der Waals surface area contributed by atoms with E-state index < -0.39 is 5.92 Å². The molecule has 1 aromatic heterocycles. The monoisotopic (exact) mass is 362 g/mol. The quantitative estimate of drug-likeness (QED) is 0.765. The maximum atomic E-state index is 13.4. The number of hydrogen-bond acceptors (Lipinski definition) is 3. The molecule has 0 bridgehead atoms. The zero-order valence-corrected chi connectivity index (χ0v) is 13.8. The fourth-order valence-electron chi connectivity index (χ4n) is 2.40. The van der Waals surface area contributed by atoms with Crippen molar-refractivity contribution in [3.63, 3.8) is 0 Å². The van der Waals surface area contributed by atoms with Crippen LogP contribution >= 0.6 is 15.9 Å². The molecular weight excluding hydrogens is 342 g/mol. The summed E-state index contributed by atoms with van der Waals surface area (Å²) >= 11 is 3.32. The molecule has 3 nitrogen and oxygen atoms in total. The normalized spacial score (nSPS) is 17.9. The molecule has 0 amide bonds. The highest BCUT2D eigenvalue weighted by Crippen LogP contribution is 2.24. The van der Waals surface area contributed by atoms with Crippen molar-refractivity contribution < 1.29 is 13.5 Å². The lowest BCUT2D eigenvalue weighted by Gasteiger charge is -2.33. The van der Waals surface area contributed by atoms with E-state index >= 15 is 0 Å². The molecular formula is C15H21BrF2N2O. The number of pyridine rings is 1. The molecule has 0 atom stereocenters. The van der Waals surface area contributed by atoms with Gasteiger partial charge in [0.05, 0.1) is 13.2 Å². The number of nitrogens with zero attached hydrogens (tertiary/aromatic N) is 2. The molecule has 1 fully saturated rings. The second-order valence-electron chi connectivity index (χ2n) is 5.55. The van der Waals surface area contributed by atoms with Crippen molar-refractivity contribution in [2.45, 2.75) is 32.1 Å². The van der Waals surface area contributed by atoms with Crippen LogP contribution in [0, 0.1) is 5.92 Å². The molecule has 0 radical (unpaired) electrons. The van der Waals surface area contributed by atoms with E-state index in [1.165, 1.54) is 6.92 Å². The first-order valence-electron chi connectivity index (χ1n) is 7.33. The van der Waals surface area contributed by atoms with E-state index in [4.69, 9.17) is 4.74 Å². The number of ether oxygens (including phenoxy) is 1. The van der Waals surface area contributed by atoms with Gasteiger partial charge in [0.1, 0.15) is 0 Å². The predicted molar refractivity (Wildman–Crippen MR) is 81.8 cm³/mol. The molecule has 118 valence electrons. The Kier molecular flexibility index (Phi) is 5.93. The Labute approximate surface area is 132 Å². The maximum absolute atomic E-state index is 13.4. The Morgan fingerprint density at radius 2 is 2.10 bits per heavy atom. The first-order chi connectivity index (χ1) is 9.98. The summed E-state index contributed by atoms with van der Waals surface area (Å²) in [4.78, 5) is 6.02. The SMILES string of the molecule is CCC(F)(F)CN1CCC(COc2ccc(Br)cn2)CC1. The van der Waals surface area contributed by atoms with E-state index in [1.807, 2.05) is 17.0 Å². The summed E-state index contributed by atoms with van der Waals surface area (Å²) in [5.41, 5.74) is 0. The van der Waals surface area contributed by atoms with Crippen LogP contribution in [0.3, 0.4) is 0 Å². The van der Waals surface area contributed by atoms with Crippen LogP contribution in [-0.2, 0) is 0 Å². The van der Waals surface area contributed by atoms with E-state index in [9.17, 15) is 8.78 Å². The second-order valence-corrected chi connectivity index (χ2v) is 6.47. The predicted octanol–water partition coefficient (Wildman–Crippen LogP) is 3.98. The summed E-state index contributed by atoms with van der Waals surface area (Å²) in [6.07, 6.45) is 3.41. The summed E-state index contributed by atoms with van der Waals surface area (Å²) in [6, 6.07) is 3.71. The van der Waals surface area contributed by atoms with Crippen LogP contribution in [0.25, 0.3) is 0 Å². The molecule has 21 heavy (non-hydrogen) atoms. The highest BCUT2D eigenvalue weighted by Gasteiger charge is 2.31. The van der Waals surface area contributed by atoms with Gasteiger partial charge in [-0.3, -0.25) is 4.90 Å². The van der Waals surface area contributed by atoms with Crippen LogP contribution in [0.15, 0.2) is 22.8 Å². The van der Waals surface area contributed by atoms with Crippen molar-refractivity contribution >= 4 is 15.9 Å². The average Bonchev–Trinajstić information content (AvgIpc) is 2.48. The van der Waals surface area contributed by atoms with Gasteiger partial charge in [0.15, 0.2) is 0 Å². The number of halogens is 3. The van der Waals surface area contributed by atoms with E-state index in [-0.39, 0.29) is 13.0 Å². The van der Waals surface area contributed by atoms with Crippen molar-refractivity contribution in [1.82, 2.24) is 9.88 Å². The minimum absolute atomic E-state index is 0.0920. The molecule has 1 aromatic rings. The molecule has 0 aromatic carbocycles. The van der Waals surface area contributed by atoms with Gasteiger partial charge in [-0.25, -0.2) is 13.8 Å². The third-order valence-corrected chi connectivity index (χ3v) is 4.32. The minimum Gasteiger partial charge on any atom is -0.477 e. The fourth-order valence-corrected chi connectivity index (χ4v) is 2.64. The number of piperidine rings is 1. The first-order valence-corrected chi connectivity index (χ1v) is 8.12. The smallest absolute Gasteiger partial charge is 0.260 e. The van der Waals surface area contributed by atoms with Crippen LogP contribution in [-0.4, -0.2) is 42.0 Å². The molecule has 2 heterocycles. The summed E-state index contributed by atoms with van der Waals surface area (Å²) in [7, 11) is 0. The number of likely N-dealkylation sites (tertiary alicyclic amines) is 1. The van der Waals surface area contributed by atoms with Crippen molar-refractivity contribution in [2.24, 2.45) is 5.92 Å². The van der Waals surface area contributed by atoms with Gasteiger partial charge in [0.25, 0.3) is 5.92 Å². The molecule has 0 aliphatic carbocycles. The largest absolute Gasteiger partial charge is 0.477 e. The molecule has 0 saturated carbocycles. The lowest BCUT2D eigenvalue weighted by Crippen LogP contribution is -2.42. The lowest BCUT2D eigenvalue weighted by molar-refractivity contribution is -0.0428. The molecule has 1 aliphatic rings. The van der Waals surface area contributed by atoms with Crippen LogP contribution in [0.5, 0.6) is 5.88 Å². The second kappa shape index (κ2) is 7.49. The number of hydrogen-bond donors (Lipinski definition) is 0. The van der Waals surface area contributed by atoms with Gasteiger partial charge in [-0.2, -0.15) is 0 Å². The first kappa shape index (κ1) is 16.6. The van der Waals surface area contributed by atoms with Crippen LogP contribution in [0.2, 0.25) is 0 Å². The Hall–Kier alpha value is -0.750. The third-order valence-electron chi connectivity index (χ3n) is 3.85. The minimum atomic E-state index is -2.56. The summed E-state index contributed by atoms with van der Waals surface area (Å²) in [5.74, 6) is -1.54. The Balaban J connectivity index is 1.70. The van der Waals surface area contributed by atoms with E-state index in [0.717, 1.165) is 30.4 Å². The number of aromatic nitrogens is 1. The molecule has 1 saturated heterocycles. The average molecular weight is 363 g/mol. The van der Waals surface area contributed by atoms with Gasteiger partial charge in [0.2, 0.25) is 5.88 Å². The van der Waals surface area contributed by atoms with E-state index in [1.54, 1.807) is 6.20 Å². The van der Waals surface area contributed by atoms with Crippen LogP contribution in [0.1, 0.15) is 26.2 Å². The van der Waals surface area contributed by atoms with Crippen LogP contribution < -0.4 is 4.74 Å². The summed E-state index contributed by atoms with van der Waals surface area (Å²) < 4.78 is 33.3. The molecule has 0 unspecified atom stereocenters. The van der Waals surface area contributed by atoms with Crippen molar-refractivity contribution in [1.29, 1.82) is 0 Å². The van der Waals surface area contributed by atoms with Gasteiger partial charge >= 0.3 is 0 Å².